The number of carboxylic acids is 1. The summed E-state index contributed by atoms with van der Waals surface area (Å²) >= 11 is 0. The van der Waals surface area contributed by atoms with Gasteiger partial charge in [-0.1, -0.05) is 74.5 Å². The first-order chi connectivity index (χ1) is 13.1. The van der Waals surface area contributed by atoms with Crippen molar-refractivity contribution < 1.29 is 14.7 Å². The monoisotopic (exact) mass is 358 g/mol. The molecule has 0 saturated heterocycles. The van der Waals surface area contributed by atoms with E-state index in [1.165, 1.54) is 5.56 Å². The Hall–Kier alpha value is -3.20. The van der Waals surface area contributed by atoms with Gasteiger partial charge in [0.05, 0.1) is 5.56 Å². The number of aryl methyl sites for hydroxylation is 1. The van der Waals surface area contributed by atoms with Crippen molar-refractivity contribution in [3.05, 3.63) is 94.5 Å². The van der Waals surface area contributed by atoms with Gasteiger partial charge in [0.25, 0.3) is 0 Å². The molecule has 0 fully saturated rings. The minimum atomic E-state index is -1.00. The van der Waals surface area contributed by atoms with Crippen LogP contribution in [0.5, 0.6) is 0 Å². The second-order valence-electron chi connectivity index (χ2n) is 6.38. The molecule has 0 heterocycles. The quantitative estimate of drug-likeness (QED) is 0.600. The average Bonchev–Trinajstić information content (AvgIpc) is 2.72. The van der Waals surface area contributed by atoms with E-state index in [2.05, 4.69) is 19.9 Å². The van der Waals surface area contributed by atoms with Crippen molar-refractivity contribution >= 4 is 11.8 Å². The van der Waals surface area contributed by atoms with Gasteiger partial charge in [-0.25, -0.2) is 4.79 Å². The molecule has 0 unspecified atom stereocenters. The maximum Gasteiger partial charge on any atom is 0.336 e. The van der Waals surface area contributed by atoms with Gasteiger partial charge >= 0.3 is 5.97 Å². The highest BCUT2D eigenvalue weighted by Gasteiger charge is 2.20. The maximum atomic E-state index is 13.4. The summed E-state index contributed by atoms with van der Waals surface area (Å²) in [4.78, 5) is 25.1. The molecule has 0 spiro atoms. The van der Waals surface area contributed by atoms with Gasteiger partial charge in [0, 0.05) is 11.1 Å². The van der Waals surface area contributed by atoms with Crippen molar-refractivity contribution in [1.82, 2.24) is 0 Å². The van der Waals surface area contributed by atoms with Crippen LogP contribution in [0.2, 0.25) is 0 Å². The molecule has 3 aromatic carbocycles. The first-order valence-corrected chi connectivity index (χ1v) is 9.15. The number of carboxylic acid groups (broad SMARTS) is 1. The molecule has 3 aromatic rings. The smallest absolute Gasteiger partial charge is 0.336 e. The molecular formula is C24H22O3. The third-order valence-electron chi connectivity index (χ3n) is 4.87. The fourth-order valence-corrected chi connectivity index (χ4v) is 3.56. The maximum absolute atomic E-state index is 13.4. The molecule has 0 aliphatic rings. The normalized spacial score (nSPS) is 10.6. The Labute approximate surface area is 159 Å². The van der Waals surface area contributed by atoms with E-state index >= 15 is 0 Å². The Morgan fingerprint density at radius 2 is 1.26 bits per heavy atom. The van der Waals surface area contributed by atoms with E-state index in [4.69, 9.17) is 0 Å². The Morgan fingerprint density at radius 3 is 1.85 bits per heavy atom. The van der Waals surface area contributed by atoms with E-state index in [9.17, 15) is 14.7 Å². The highest BCUT2D eigenvalue weighted by Crippen LogP contribution is 2.30. The van der Waals surface area contributed by atoms with Crippen molar-refractivity contribution in [3.63, 3.8) is 0 Å². The predicted molar refractivity (Wildman–Crippen MR) is 107 cm³/mol. The zero-order chi connectivity index (χ0) is 19.4. The van der Waals surface area contributed by atoms with Crippen molar-refractivity contribution in [2.24, 2.45) is 0 Å². The third-order valence-corrected chi connectivity index (χ3v) is 4.87. The number of carbonyl (C=O) groups excluding carboxylic acids is 1. The standard InChI is InChI=1S/C24H22O3/c1-3-16-10-9-15-20(17(16)4-2)23(25)21-13-7-5-11-18(21)19-12-6-8-14-22(19)24(26)27/h5-15H,3-4H2,1-2H3,(H,26,27). The predicted octanol–water partition coefficient (Wildman–Crippen LogP) is 5.41. The van der Waals surface area contributed by atoms with Crippen molar-refractivity contribution in [1.29, 1.82) is 0 Å². The molecule has 0 aromatic heterocycles. The van der Waals surface area contributed by atoms with E-state index in [0.29, 0.717) is 22.3 Å². The summed E-state index contributed by atoms with van der Waals surface area (Å²) < 4.78 is 0. The Morgan fingerprint density at radius 1 is 0.704 bits per heavy atom. The Kier molecular flexibility index (Phi) is 5.51. The van der Waals surface area contributed by atoms with Gasteiger partial charge in [-0.05, 0) is 41.2 Å². The summed E-state index contributed by atoms with van der Waals surface area (Å²) in [5.74, 6) is -1.08. The van der Waals surface area contributed by atoms with Crippen LogP contribution in [0.25, 0.3) is 11.1 Å². The molecule has 0 aliphatic heterocycles. The van der Waals surface area contributed by atoms with Gasteiger partial charge in [0.2, 0.25) is 0 Å². The van der Waals surface area contributed by atoms with Gasteiger partial charge < -0.3 is 5.11 Å². The third kappa shape index (κ3) is 3.54. The molecule has 27 heavy (non-hydrogen) atoms. The van der Waals surface area contributed by atoms with Crippen LogP contribution in [0.15, 0.2) is 66.7 Å². The van der Waals surface area contributed by atoms with E-state index in [0.717, 1.165) is 18.4 Å². The minimum Gasteiger partial charge on any atom is -0.478 e. The van der Waals surface area contributed by atoms with E-state index in [1.54, 1.807) is 30.3 Å². The zero-order valence-electron chi connectivity index (χ0n) is 15.5. The van der Waals surface area contributed by atoms with Gasteiger partial charge in [0.1, 0.15) is 0 Å². The molecule has 0 aliphatic carbocycles. The van der Waals surface area contributed by atoms with Crippen molar-refractivity contribution in [2.45, 2.75) is 26.7 Å². The second kappa shape index (κ2) is 8.00. The number of rotatable bonds is 6. The summed E-state index contributed by atoms with van der Waals surface area (Å²) in [5.41, 5.74) is 4.84. The average molecular weight is 358 g/mol. The van der Waals surface area contributed by atoms with Crippen LogP contribution in [0.1, 0.15) is 51.3 Å². The Balaban J connectivity index is 2.19. The number of ketones is 1. The van der Waals surface area contributed by atoms with Gasteiger partial charge in [-0.3, -0.25) is 4.79 Å². The topological polar surface area (TPSA) is 54.4 Å². The lowest BCUT2D eigenvalue weighted by Crippen LogP contribution is -2.10. The van der Waals surface area contributed by atoms with Crippen molar-refractivity contribution in [3.8, 4) is 11.1 Å². The van der Waals surface area contributed by atoms with E-state index in [-0.39, 0.29) is 11.3 Å². The molecular weight excluding hydrogens is 336 g/mol. The fourth-order valence-electron chi connectivity index (χ4n) is 3.56. The second-order valence-corrected chi connectivity index (χ2v) is 6.38. The molecule has 136 valence electrons. The van der Waals surface area contributed by atoms with Gasteiger partial charge in [0.15, 0.2) is 5.78 Å². The van der Waals surface area contributed by atoms with Crippen molar-refractivity contribution in [2.75, 3.05) is 0 Å². The number of aromatic carboxylic acids is 1. The largest absolute Gasteiger partial charge is 0.478 e. The lowest BCUT2D eigenvalue weighted by molar-refractivity contribution is 0.0697. The molecule has 0 bridgehead atoms. The van der Waals surface area contributed by atoms with E-state index in [1.807, 2.05) is 30.3 Å². The molecule has 1 N–H and O–H groups in total. The first-order valence-electron chi connectivity index (χ1n) is 9.15. The summed E-state index contributed by atoms with van der Waals surface area (Å²) in [6.45, 7) is 4.14. The van der Waals surface area contributed by atoms with E-state index < -0.39 is 5.97 Å². The SMILES string of the molecule is CCc1cccc(C(=O)c2ccccc2-c2ccccc2C(=O)O)c1CC. The van der Waals surface area contributed by atoms with Gasteiger partial charge in [-0.15, -0.1) is 0 Å². The summed E-state index contributed by atoms with van der Waals surface area (Å²) in [6, 6.07) is 19.9. The molecule has 0 saturated carbocycles. The molecule has 3 rings (SSSR count). The summed E-state index contributed by atoms with van der Waals surface area (Å²) in [7, 11) is 0. The van der Waals surface area contributed by atoms with Crippen LogP contribution >= 0.6 is 0 Å². The lowest BCUT2D eigenvalue weighted by atomic mass is 9.88. The number of hydrogen-bond acceptors (Lipinski definition) is 2. The number of hydrogen-bond donors (Lipinski definition) is 1. The minimum absolute atomic E-state index is 0.0714. The molecule has 3 heteroatoms. The molecule has 0 amide bonds. The van der Waals surface area contributed by atoms with Crippen LogP contribution in [-0.2, 0) is 12.8 Å². The molecule has 0 atom stereocenters. The fraction of sp³-hybridized carbons (Fsp3) is 0.167. The van der Waals surface area contributed by atoms with Crippen LogP contribution in [0.4, 0.5) is 0 Å². The molecule has 0 radical (unpaired) electrons. The molecule has 3 nitrogen and oxygen atoms in total. The number of benzene rings is 3. The summed E-state index contributed by atoms with van der Waals surface area (Å²) in [6.07, 6.45) is 1.65. The Bertz CT molecular complexity index is 1000. The lowest BCUT2D eigenvalue weighted by Gasteiger charge is -2.15. The van der Waals surface area contributed by atoms with Crippen LogP contribution in [0, 0.1) is 0 Å². The highest BCUT2D eigenvalue weighted by atomic mass is 16.4. The van der Waals surface area contributed by atoms with Crippen LogP contribution in [-0.4, -0.2) is 16.9 Å². The van der Waals surface area contributed by atoms with Crippen LogP contribution < -0.4 is 0 Å². The number of carbonyl (C=O) groups is 2. The highest BCUT2D eigenvalue weighted by molar-refractivity contribution is 6.14. The van der Waals surface area contributed by atoms with Crippen LogP contribution in [0.3, 0.4) is 0 Å². The zero-order valence-corrected chi connectivity index (χ0v) is 15.5. The first kappa shape index (κ1) is 18.6. The van der Waals surface area contributed by atoms with Gasteiger partial charge in [-0.2, -0.15) is 0 Å². The summed E-state index contributed by atoms with van der Waals surface area (Å²) in [5, 5.41) is 9.54.